The van der Waals surface area contributed by atoms with E-state index < -0.39 is 10.5 Å². The minimum absolute atomic E-state index is 0.199. The third-order valence-corrected chi connectivity index (χ3v) is 3.71. The molecule has 2 aromatic rings. The van der Waals surface area contributed by atoms with Crippen molar-refractivity contribution < 1.29 is 19.1 Å². The van der Waals surface area contributed by atoms with Crippen LogP contribution in [0.3, 0.4) is 0 Å². The number of carbonyl (C=O) groups is 2. The van der Waals surface area contributed by atoms with Crippen LogP contribution in [0.1, 0.15) is 22.3 Å². The Morgan fingerprint density at radius 3 is 1.56 bits per heavy atom. The molecule has 0 radical (unpaired) electrons. The number of halogens is 2. The normalized spacial score (nSPS) is 10.4. The predicted molar refractivity (Wildman–Crippen MR) is 97.9 cm³/mol. The van der Waals surface area contributed by atoms with Crippen LogP contribution in [0.4, 0.5) is 0 Å². The lowest BCUT2D eigenvalue weighted by Gasteiger charge is -2.15. The van der Waals surface area contributed by atoms with Gasteiger partial charge in [-0.05, 0) is 60.3 Å². The van der Waals surface area contributed by atoms with Crippen LogP contribution in [0.2, 0.25) is 0 Å². The summed E-state index contributed by atoms with van der Waals surface area (Å²) in [7, 11) is 0. The minimum atomic E-state index is -0.563. The quantitative estimate of drug-likeness (QED) is 0.644. The molecule has 0 aliphatic carbocycles. The number of carbonyl (C=O) groups excluding carboxylic acids is 2. The minimum Gasteiger partial charge on any atom is -0.484 e. The van der Waals surface area contributed by atoms with Crippen molar-refractivity contribution in [2.24, 2.45) is 0 Å². The van der Waals surface area contributed by atoms with E-state index >= 15 is 0 Å². The van der Waals surface area contributed by atoms with Crippen molar-refractivity contribution in [3.63, 3.8) is 0 Å². The molecule has 0 N–H and O–H groups in total. The van der Waals surface area contributed by atoms with Gasteiger partial charge < -0.3 is 9.47 Å². The molecule has 0 saturated carbocycles. The van der Waals surface area contributed by atoms with Gasteiger partial charge in [-0.15, -0.1) is 0 Å². The Morgan fingerprint density at radius 1 is 0.800 bits per heavy atom. The van der Waals surface area contributed by atoms with Crippen LogP contribution < -0.4 is 9.47 Å². The van der Waals surface area contributed by atoms with Crippen LogP contribution in [0.5, 0.6) is 11.5 Å². The second-order valence-electron chi connectivity index (χ2n) is 5.69. The Morgan fingerprint density at radius 2 is 1.20 bits per heavy atom. The number of hydrogen-bond donors (Lipinski definition) is 0. The molecular weight excluding hydrogens is 363 g/mol. The molecule has 0 atom stereocenters. The highest BCUT2D eigenvalue weighted by Gasteiger charge is 2.12. The molecule has 0 aliphatic heterocycles. The fourth-order valence-corrected chi connectivity index (χ4v) is 2.56. The Balaban J connectivity index is 2.31. The summed E-state index contributed by atoms with van der Waals surface area (Å²) in [6.07, 6.45) is 0.515. The van der Waals surface area contributed by atoms with Crippen molar-refractivity contribution in [3.05, 3.63) is 58.7 Å². The number of hydrogen-bond acceptors (Lipinski definition) is 4. The zero-order valence-electron chi connectivity index (χ0n) is 14.0. The average Bonchev–Trinajstić information content (AvgIpc) is 2.53. The highest BCUT2D eigenvalue weighted by molar-refractivity contribution is 6.64. The molecule has 0 spiro atoms. The maximum Gasteiger partial charge on any atom is 0.259 e. The largest absolute Gasteiger partial charge is 0.484 e. The van der Waals surface area contributed by atoms with E-state index in [1.807, 2.05) is 50.2 Å². The number of benzene rings is 2. The Bertz CT molecular complexity index is 721. The first-order chi connectivity index (χ1) is 11.8. The standard InChI is InChI=1S/C19H18Cl2O4/c1-12-3-5-16(24-10-18(20)22)14(7-12)9-15-8-13(2)4-6-17(15)25-11-19(21)23/h3-8H,9-11H2,1-2H3. The molecule has 0 aliphatic rings. The van der Waals surface area contributed by atoms with Gasteiger partial charge >= 0.3 is 0 Å². The zero-order valence-corrected chi connectivity index (χ0v) is 15.5. The van der Waals surface area contributed by atoms with Gasteiger partial charge in [0.1, 0.15) is 11.5 Å². The topological polar surface area (TPSA) is 52.6 Å². The SMILES string of the molecule is Cc1ccc(OCC(=O)Cl)c(Cc2cc(C)ccc2OCC(=O)Cl)c1. The summed E-state index contributed by atoms with van der Waals surface area (Å²) >= 11 is 10.7. The van der Waals surface area contributed by atoms with Crippen LogP contribution >= 0.6 is 23.2 Å². The number of aryl methyl sites for hydroxylation is 2. The first-order valence-electron chi connectivity index (χ1n) is 7.66. The summed E-state index contributed by atoms with van der Waals surface area (Å²) < 4.78 is 11.0. The Labute approximate surface area is 156 Å². The number of rotatable bonds is 8. The van der Waals surface area contributed by atoms with Crippen molar-refractivity contribution in [2.75, 3.05) is 13.2 Å². The van der Waals surface area contributed by atoms with E-state index in [2.05, 4.69) is 0 Å². The van der Waals surface area contributed by atoms with Crippen LogP contribution in [-0.4, -0.2) is 23.7 Å². The molecule has 2 rings (SSSR count). The summed E-state index contributed by atoms with van der Waals surface area (Å²) in [5, 5.41) is -1.13. The van der Waals surface area contributed by atoms with Crippen molar-refractivity contribution in [3.8, 4) is 11.5 Å². The summed E-state index contributed by atoms with van der Waals surface area (Å²) in [6.45, 7) is 3.55. The summed E-state index contributed by atoms with van der Waals surface area (Å²) in [5.74, 6) is 1.17. The fourth-order valence-electron chi connectivity index (χ4n) is 2.45. The highest BCUT2D eigenvalue weighted by atomic mass is 35.5. The fraction of sp³-hybridized carbons (Fsp3) is 0.263. The van der Waals surface area contributed by atoms with Gasteiger partial charge in [0.05, 0.1) is 0 Å². The van der Waals surface area contributed by atoms with Crippen LogP contribution in [0, 0.1) is 13.8 Å². The summed E-state index contributed by atoms with van der Waals surface area (Å²) in [5.41, 5.74) is 3.91. The van der Waals surface area contributed by atoms with Crippen molar-refractivity contribution in [1.82, 2.24) is 0 Å². The van der Waals surface area contributed by atoms with Gasteiger partial charge in [-0.2, -0.15) is 0 Å². The molecule has 4 nitrogen and oxygen atoms in total. The highest BCUT2D eigenvalue weighted by Crippen LogP contribution is 2.28. The number of ether oxygens (including phenoxy) is 2. The molecular formula is C19H18Cl2O4. The molecule has 2 aromatic carbocycles. The van der Waals surface area contributed by atoms with Crippen molar-refractivity contribution in [2.45, 2.75) is 20.3 Å². The first-order valence-corrected chi connectivity index (χ1v) is 8.42. The average molecular weight is 381 g/mol. The molecule has 0 unspecified atom stereocenters. The molecule has 0 saturated heterocycles. The van der Waals surface area contributed by atoms with E-state index in [1.54, 1.807) is 0 Å². The van der Waals surface area contributed by atoms with Gasteiger partial charge in [0.15, 0.2) is 13.2 Å². The van der Waals surface area contributed by atoms with E-state index in [-0.39, 0.29) is 13.2 Å². The molecule has 0 heterocycles. The summed E-state index contributed by atoms with van der Waals surface area (Å²) in [6, 6.07) is 11.4. The van der Waals surface area contributed by atoms with Crippen LogP contribution in [0.25, 0.3) is 0 Å². The van der Waals surface area contributed by atoms with Gasteiger partial charge in [-0.3, -0.25) is 9.59 Å². The van der Waals surface area contributed by atoms with Crippen LogP contribution in [0.15, 0.2) is 36.4 Å². The molecule has 0 fully saturated rings. The molecule has 6 heteroatoms. The van der Waals surface area contributed by atoms with E-state index in [1.165, 1.54) is 0 Å². The van der Waals surface area contributed by atoms with Gasteiger partial charge in [0.2, 0.25) is 0 Å². The van der Waals surface area contributed by atoms with E-state index in [4.69, 9.17) is 32.7 Å². The van der Waals surface area contributed by atoms with Crippen LogP contribution in [-0.2, 0) is 16.0 Å². The van der Waals surface area contributed by atoms with Crippen molar-refractivity contribution >= 4 is 33.7 Å². The van der Waals surface area contributed by atoms with E-state index in [0.717, 1.165) is 22.3 Å². The second kappa shape index (κ2) is 8.88. The zero-order chi connectivity index (χ0) is 18.4. The van der Waals surface area contributed by atoms with E-state index in [0.29, 0.717) is 17.9 Å². The third-order valence-electron chi connectivity index (χ3n) is 3.50. The monoisotopic (exact) mass is 380 g/mol. The Kier molecular flexibility index (Phi) is 6.85. The summed E-state index contributed by atoms with van der Waals surface area (Å²) in [4.78, 5) is 22.0. The van der Waals surface area contributed by atoms with Gasteiger partial charge in [0.25, 0.3) is 10.5 Å². The van der Waals surface area contributed by atoms with Gasteiger partial charge in [-0.25, -0.2) is 0 Å². The molecule has 0 bridgehead atoms. The lowest BCUT2D eigenvalue weighted by atomic mass is 10.00. The first kappa shape index (κ1) is 19.3. The molecule has 0 aromatic heterocycles. The lowest BCUT2D eigenvalue weighted by Crippen LogP contribution is -2.08. The maximum absolute atomic E-state index is 11.0. The lowest BCUT2D eigenvalue weighted by molar-refractivity contribution is -0.114. The molecule has 0 amide bonds. The third kappa shape index (κ3) is 6.07. The smallest absolute Gasteiger partial charge is 0.259 e. The Hall–Kier alpha value is -2.04. The molecule has 25 heavy (non-hydrogen) atoms. The van der Waals surface area contributed by atoms with E-state index in [9.17, 15) is 9.59 Å². The maximum atomic E-state index is 11.0. The van der Waals surface area contributed by atoms with Gasteiger partial charge in [0, 0.05) is 6.42 Å². The molecule has 132 valence electrons. The van der Waals surface area contributed by atoms with Crippen molar-refractivity contribution in [1.29, 1.82) is 0 Å². The predicted octanol–water partition coefficient (Wildman–Crippen LogP) is 4.18. The second-order valence-corrected chi connectivity index (χ2v) is 6.53. The van der Waals surface area contributed by atoms with Gasteiger partial charge in [-0.1, -0.05) is 35.4 Å².